The Morgan fingerprint density at radius 3 is 2.90 bits per heavy atom. The van der Waals surface area contributed by atoms with Crippen molar-refractivity contribution in [1.82, 2.24) is 15.3 Å². The van der Waals surface area contributed by atoms with Crippen LogP contribution in [0.1, 0.15) is 35.5 Å². The summed E-state index contributed by atoms with van der Waals surface area (Å²) in [5.74, 6) is 0.736. The lowest BCUT2D eigenvalue weighted by Gasteiger charge is -2.07. The van der Waals surface area contributed by atoms with Gasteiger partial charge >= 0.3 is 0 Å². The van der Waals surface area contributed by atoms with E-state index in [0.29, 0.717) is 19.0 Å². The topological polar surface area (TPSA) is 57.8 Å². The number of nitrogens with one attached hydrogen (secondary N) is 2. The Labute approximate surface area is 118 Å². The standard InChI is InChI=1S/C16H19N3O/c1-11-4-2-3-5-12(11)8-15-18-14(9-16(20)19-15)10-17-13-6-7-13/h2-5,9,13,17H,6-8,10H2,1H3,(H,18,19,20). The van der Waals surface area contributed by atoms with Gasteiger partial charge in [0, 0.05) is 25.1 Å². The third kappa shape index (κ3) is 3.33. The molecule has 0 unspecified atom stereocenters. The Morgan fingerprint density at radius 1 is 1.35 bits per heavy atom. The lowest BCUT2D eigenvalue weighted by molar-refractivity contribution is 0.667. The molecule has 1 aromatic carbocycles. The summed E-state index contributed by atoms with van der Waals surface area (Å²) < 4.78 is 0. The summed E-state index contributed by atoms with van der Waals surface area (Å²) in [4.78, 5) is 19.1. The van der Waals surface area contributed by atoms with E-state index in [9.17, 15) is 4.79 Å². The molecule has 0 bridgehead atoms. The molecule has 0 amide bonds. The maximum absolute atomic E-state index is 11.7. The molecule has 0 atom stereocenters. The predicted octanol–water partition coefficient (Wildman–Crippen LogP) is 1.92. The molecule has 3 rings (SSSR count). The van der Waals surface area contributed by atoms with Crippen LogP contribution in [0, 0.1) is 6.92 Å². The Hall–Kier alpha value is -1.94. The monoisotopic (exact) mass is 269 g/mol. The summed E-state index contributed by atoms with van der Waals surface area (Å²) in [6.07, 6.45) is 3.14. The molecule has 4 nitrogen and oxygen atoms in total. The number of hydrogen-bond acceptors (Lipinski definition) is 3. The van der Waals surface area contributed by atoms with Crippen LogP contribution in [0.15, 0.2) is 35.1 Å². The average molecular weight is 269 g/mol. The van der Waals surface area contributed by atoms with E-state index in [4.69, 9.17) is 0 Å². The van der Waals surface area contributed by atoms with Crippen molar-refractivity contribution in [1.29, 1.82) is 0 Å². The van der Waals surface area contributed by atoms with Gasteiger partial charge in [0.25, 0.3) is 5.56 Å². The zero-order valence-electron chi connectivity index (χ0n) is 11.6. The Morgan fingerprint density at radius 2 is 2.15 bits per heavy atom. The molecule has 104 valence electrons. The van der Waals surface area contributed by atoms with E-state index < -0.39 is 0 Å². The summed E-state index contributed by atoms with van der Waals surface area (Å²) >= 11 is 0. The normalized spacial score (nSPS) is 14.4. The summed E-state index contributed by atoms with van der Waals surface area (Å²) in [5.41, 5.74) is 3.17. The van der Waals surface area contributed by atoms with Crippen LogP contribution in [-0.4, -0.2) is 16.0 Å². The van der Waals surface area contributed by atoms with Crippen molar-refractivity contribution in [3.05, 3.63) is 63.3 Å². The smallest absolute Gasteiger partial charge is 0.251 e. The molecule has 0 saturated heterocycles. The zero-order valence-corrected chi connectivity index (χ0v) is 11.6. The van der Waals surface area contributed by atoms with Crippen LogP contribution in [-0.2, 0) is 13.0 Å². The van der Waals surface area contributed by atoms with Crippen molar-refractivity contribution in [3.8, 4) is 0 Å². The first-order valence-electron chi connectivity index (χ1n) is 7.08. The van der Waals surface area contributed by atoms with Crippen molar-refractivity contribution < 1.29 is 0 Å². The second-order valence-electron chi connectivity index (χ2n) is 5.44. The lowest BCUT2D eigenvalue weighted by atomic mass is 10.1. The summed E-state index contributed by atoms with van der Waals surface area (Å²) in [6, 6.07) is 10.4. The van der Waals surface area contributed by atoms with E-state index in [1.165, 1.54) is 24.0 Å². The van der Waals surface area contributed by atoms with Gasteiger partial charge in [0.1, 0.15) is 5.82 Å². The third-order valence-corrected chi connectivity index (χ3v) is 3.61. The van der Waals surface area contributed by atoms with Gasteiger partial charge in [-0.3, -0.25) is 4.79 Å². The van der Waals surface area contributed by atoms with Crippen LogP contribution in [0.25, 0.3) is 0 Å². The zero-order chi connectivity index (χ0) is 13.9. The number of hydrogen-bond donors (Lipinski definition) is 2. The van der Waals surface area contributed by atoms with Crippen molar-refractivity contribution in [2.75, 3.05) is 0 Å². The van der Waals surface area contributed by atoms with Crippen molar-refractivity contribution in [3.63, 3.8) is 0 Å². The molecule has 20 heavy (non-hydrogen) atoms. The molecule has 4 heteroatoms. The minimum atomic E-state index is -0.0730. The second-order valence-corrected chi connectivity index (χ2v) is 5.44. The molecule has 0 radical (unpaired) electrons. The van der Waals surface area contributed by atoms with Crippen molar-refractivity contribution in [2.24, 2.45) is 0 Å². The van der Waals surface area contributed by atoms with Crippen LogP contribution in [0.2, 0.25) is 0 Å². The number of rotatable bonds is 5. The van der Waals surface area contributed by atoms with Gasteiger partial charge in [-0.05, 0) is 30.9 Å². The predicted molar refractivity (Wildman–Crippen MR) is 78.7 cm³/mol. The summed E-state index contributed by atoms with van der Waals surface area (Å²) in [7, 11) is 0. The van der Waals surface area contributed by atoms with Crippen LogP contribution < -0.4 is 10.9 Å². The molecule has 1 saturated carbocycles. The van der Waals surface area contributed by atoms with Crippen molar-refractivity contribution in [2.45, 2.75) is 38.8 Å². The number of nitrogens with zero attached hydrogens (tertiary/aromatic N) is 1. The van der Waals surface area contributed by atoms with Gasteiger partial charge in [-0.1, -0.05) is 24.3 Å². The van der Waals surface area contributed by atoms with Crippen LogP contribution in [0.4, 0.5) is 0 Å². The number of aromatic nitrogens is 2. The largest absolute Gasteiger partial charge is 0.310 e. The highest BCUT2D eigenvalue weighted by atomic mass is 16.1. The SMILES string of the molecule is Cc1ccccc1Cc1nc(CNC2CC2)cc(=O)[nH]1. The third-order valence-electron chi connectivity index (χ3n) is 3.61. The van der Waals surface area contributed by atoms with E-state index in [1.807, 2.05) is 12.1 Å². The second kappa shape index (κ2) is 5.59. The van der Waals surface area contributed by atoms with Gasteiger partial charge in [-0.15, -0.1) is 0 Å². The van der Waals surface area contributed by atoms with Crippen molar-refractivity contribution >= 4 is 0 Å². The Bertz CT molecular complexity index is 659. The first-order chi connectivity index (χ1) is 9.70. The van der Waals surface area contributed by atoms with Crippen LogP contribution in [0.5, 0.6) is 0 Å². The summed E-state index contributed by atoms with van der Waals surface area (Å²) in [6.45, 7) is 2.75. The fourth-order valence-electron chi connectivity index (χ4n) is 2.26. The molecular weight excluding hydrogens is 250 g/mol. The lowest BCUT2D eigenvalue weighted by Crippen LogP contribution is -2.20. The fourth-order valence-corrected chi connectivity index (χ4v) is 2.26. The van der Waals surface area contributed by atoms with Gasteiger partial charge in [0.2, 0.25) is 0 Å². The van der Waals surface area contributed by atoms with Gasteiger partial charge in [-0.2, -0.15) is 0 Å². The van der Waals surface area contributed by atoms with Gasteiger partial charge < -0.3 is 10.3 Å². The minimum Gasteiger partial charge on any atom is -0.310 e. The highest BCUT2D eigenvalue weighted by Crippen LogP contribution is 2.19. The van der Waals surface area contributed by atoms with Gasteiger partial charge in [0.15, 0.2) is 0 Å². The van der Waals surface area contributed by atoms with E-state index in [-0.39, 0.29) is 5.56 Å². The van der Waals surface area contributed by atoms with E-state index in [0.717, 1.165) is 11.5 Å². The van der Waals surface area contributed by atoms with Crippen LogP contribution >= 0.6 is 0 Å². The summed E-state index contributed by atoms with van der Waals surface area (Å²) in [5, 5.41) is 3.39. The molecule has 2 aromatic rings. The quantitative estimate of drug-likeness (QED) is 0.872. The molecule has 1 aliphatic carbocycles. The van der Waals surface area contributed by atoms with E-state index in [1.54, 1.807) is 6.07 Å². The number of aromatic amines is 1. The molecule has 1 heterocycles. The number of H-pyrrole nitrogens is 1. The highest BCUT2D eigenvalue weighted by Gasteiger charge is 2.20. The highest BCUT2D eigenvalue weighted by molar-refractivity contribution is 5.28. The van der Waals surface area contributed by atoms with Gasteiger partial charge in [-0.25, -0.2) is 4.98 Å². The van der Waals surface area contributed by atoms with Crippen LogP contribution in [0.3, 0.4) is 0 Å². The first-order valence-corrected chi connectivity index (χ1v) is 7.08. The molecule has 0 aliphatic heterocycles. The number of benzene rings is 1. The Kier molecular flexibility index (Phi) is 3.65. The average Bonchev–Trinajstić information content (AvgIpc) is 3.23. The molecule has 1 aliphatic rings. The minimum absolute atomic E-state index is 0.0730. The maximum atomic E-state index is 11.7. The molecule has 1 fully saturated rings. The first kappa shape index (κ1) is 13.1. The molecule has 2 N–H and O–H groups in total. The Balaban J connectivity index is 1.78. The fraction of sp³-hybridized carbons (Fsp3) is 0.375. The van der Waals surface area contributed by atoms with E-state index >= 15 is 0 Å². The van der Waals surface area contributed by atoms with Gasteiger partial charge in [0.05, 0.1) is 5.69 Å². The molecule has 0 spiro atoms. The number of aryl methyl sites for hydroxylation is 1. The molecule has 1 aromatic heterocycles. The van der Waals surface area contributed by atoms with E-state index in [2.05, 4.69) is 34.3 Å². The molecular formula is C16H19N3O. The maximum Gasteiger partial charge on any atom is 0.251 e.